The lowest BCUT2D eigenvalue weighted by Crippen LogP contribution is -2.21. The highest BCUT2D eigenvalue weighted by Crippen LogP contribution is 2.28. The Morgan fingerprint density at radius 1 is 1.19 bits per heavy atom. The minimum Gasteiger partial charge on any atom is -0.483 e. The van der Waals surface area contributed by atoms with Gasteiger partial charge >= 0.3 is 0 Å². The number of hydrogen-bond donors (Lipinski definition) is 2. The van der Waals surface area contributed by atoms with E-state index in [1.54, 1.807) is 42.5 Å². The van der Waals surface area contributed by atoms with Crippen LogP contribution in [-0.4, -0.2) is 23.4 Å². The first-order valence-corrected chi connectivity index (χ1v) is 8.46. The summed E-state index contributed by atoms with van der Waals surface area (Å²) in [4.78, 5) is 28.0. The number of primary amides is 1. The normalized spacial score (nSPS) is 11.4. The quantitative estimate of drug-likeness (QED) is 0.720. The molecular weight excluding hydrogens is 346 g/mol. The molecule has 1 heterocycles. The van der Waals surface area contributed by atoms with Gasteiger partial charge in [-0.2, -0.15) is 0 Å². The fraction of sp³-hybridized carbons (Fsp3) is 0.250. The van der Waals surface area contributed by atoms with E-state index in [2.05, 4.69) is 10.3 Å². The molecule has 2 amide bonds. The number of aromatic nitrogens is 1. The summed E-state index contributed by atoms with van der Waals surface area (Å²) in [6.07, 6.45) is 0. The van der Waals surface area contributed by atoms with E-state index in [0.29, 0.717) is 28.2 Å². The zero-order valence-corrected chi connectivity index (χ0v) is 15.4. The van der Waals surface area contributed by atoms with Crippen LogP contribution in [0.5, 0.6) is 5.75 Å². The predicted molar refractivity (Wildman–Crippen MR) is 102 cm³/mol. The van der Waals surface area contributed by atoms with Crippen LogP contribution in [0.3, 0.4) is 0 Å². The van der Waals surface area contributed by atoms with E-state index in [-0.39, 0.29) is 23.7 Å². The number of nitrogens with two attached hydrogens (primary N) is 1. The molecule has 7 heteroatoms. The second-order valence-corrected chi connectivity index (χ2v) is 7.16. The van der Waals surface area contributed by atoms with Gasteiger partial charge in [-0.15, -0.1) is 0 Å². The number of amides is 2. The van der Waals surface area contributed by atoms with Crippen molar-refractivity contribution in [3.05, 3.63) is 53.9 Å². The first-order chi connectivity index (χ1) is 12.7. The van der Waals surface area contributed by atoms with Crippen molar-refractivity contribution in [1.29, 1.82) is 0 Å². The standard InChI is InChI=1S/C20H21N3O4/c1-20(2,3)19-23-14-10-12(8-9-16(14)27-19)22-18(25)13-6-4-5-7-15(13)26-11-17(21)24/h4-10H,11H2,1-3H3,(H2,21,24)(H,22,25). The van der Waals surface area contributed by atoms with E-state index in [0.717, 1.165) is 0 Å². The second kappa shape index (κ2) is 7.11. The molecule has 3 aromatic rings. The highest BCUT2D eigenvalue weighted by atomic mass is 16.5. The maximum atomic E-state index is 12.6. The Morgan fingerprint density at radius 2 is 1.93 bits per heavy atom. The number of carbonyl (C=O) groups excluding carboxylic acids is 2. The summed E-state index contributed by atoms with van der Waals surface area (Å²) >= 11 is 0. The van der Waals surface area contributed by atoms with Gasteiger partial charge in [0.2, 0.25) is 5.89 Å². The molecule has 3 N–H and O–H groups in total. The number of benzene rings is 2. The third kappa shape index (κ3) is 4.25. The van der Waals surface area contributed by atoms with Crippen molar-refractivity contribution in [2.24, 2.45) is 5.73 Å². The predicted octanol–water partition coefficient (Wildman–Crippen LogP) is 3.24. The molecule has 0 saturated heterocycles. The van der Waals surface area contributed by atoms with Crippen LogP contribution < -0.4 is 15.8 Å². The Balaban J connectivity index is 1.83. The fourth-order valence-electron chi connectivity index (χ4n) is 2.45. The van der Waals surface area contributed by atoms with Gasteiger partial charge in [0.05, 0.1) is 5.56 Å². The van der Waals surface area contributed by atoms with Crippen LogP contribution in [-0.2, 0) is 10.2 Å². The van der Waals surface area contributed by atoms with Crippen molar-refractivity contribution in [3.63, 3.8) is 0 Å². The second-order valence-electron chi connectivity index (χ2n) is 7.16. The molecule has 1 aromatic heterocycles. The number of anilines is 1. The van der Waals surface area contributed by atoms with Gasteiger partial charge in [-0.05, 0) is 30.3 Å². The van der Waals surface area contributed by atoms with Crippen LogP contribution in [0.15, 0.2) is 46.9 Å². The van der Waals surface area contributed by atoms with E-state index in [1.807, 2.05) is 20.8 Å². The van der Waals surface area contributed by atoms with Crippen LogP contribution in [0.1, 0.15) is 37.0 Å². The molecule has 0 saturated carbocycles. The molecule has 3 rings (SSSR count). The van der Waals surface area contributed by atoms with E-state index in [9.17, 15) is 9.59 Å². The van der Waals surface area contributed by atoms with Crippen molar-refractivity contribution in [1.82, 2.24) is 4.98 Å². The third-order valence-electron chi connectivity index (χ3n) is 3.79. The van der Waals surface area contributed by atoms with Crippen LogP contribution in [0, 0.1) is 0 Å². The molecule has 0 fully saturated rings. The molecule has 0 radical (unpaired) electrons. The van der Waals surface area contributed by atoms with Gasteiger partial charge in [-0.1, -0.05) is 32.9 Å². The zero-order valence-electron chi connectivity index (χ0n) is 15.4. The molecule has 2 aromatic carbocycles. The van der Waals surface area contributed by atoms with Gasteiger partial charge in [0, 0.05) is 11.1 Å². The summed E-state index contributed by atoms with van der Waals surface area (Å²) in [7, 11) is 0. The van der Waals surface area contributed by atoms with Gasteiger partial charge in [-0.25, -0.2) is 4.98 Å². The summed E-state index contributed by atoms with van der Waals surface area (Å²) in [6.45, 7) is 5.75. The van der Waals surface area contributed by atoms with Gasteiger partial charge in [0.1, 0.15) is 11.3 Å². The minimum absolute atomic E-state index is 0.209. The van der Waals surface area contributed by atoms with E-state index in [1.165, 1.54) is 0 Å². The number of fused-ring (bicyclic) bond motifs is 1. The van der Waals surface area contributed by atoms with E-state index in [4.69, 9.17) is 14.9 Å². The largest absolute Gasteiger partial charge is 0.483 e. The van der Waals surface area contributed by atoms with Crippen molar-refractivity contribution < 1.29 is 18.7 Å². The number of ether oxygens (including phenoxy) is 1. The third-order valence-corrected chi connectivity index (χ3v) is 3.79. The Hall–Kier alpha value is -3.35. The van der Waals surface area contributed by atoms with Crippen LogP contribution in [0.4, 0.5) is 5.69 Å². The summed E-state index contributed by atoms with van der Waals surface area (Å²) in [5.74, 6) is -0.0668. The van der Waals surface area contributed by atoms with Crippen LogP contribution >= 0.6 is 0 Å². The van der Waals surface area contributed by atoms with Gasteiger partial charge < -0.3 is 20.2 Å². The molecule has 0 spiro atoms. The monoisotopic (exact) mass is 367 g/mol. The van der Waals surface area contributed by atoms with E-state index < -0.39 is 5.91 Å². The average molecular weight is 367 g/mol. The number of hydrogen-bond acceptors (Lipinski definition) is 5. The Labute approximate surface area is 156 Å². The lowest BCUT2D eigenvalue weighted by Gasteiger charge is -2.11. The average Bonchev–Trinajstić information content (AvgIpc) is 3.04. The highest BCUT2D eigenvalue weighted by Gasteiger charge is 2.21. The van der Waals surface area contributed by atoms with Gasteiger partial charge in [0.25, 0.3) is 11.8 Å². The molecule has 0 bridgehead atoms. The summed E-state index contributed by atoms with van der Waals surface area (Å²) in [5, 5.41) is 2.81. The number of nitrogens with zero attached hydrogens (tertiary/aromatic N) is 1. The molecule has 0 atom stereocenters. The van der Waals surface area contributed by atoms with Crippen LogP contribution in [0.2, 0.25) is 0 Å². The fourth-order valence-corrected chi connectivity index (χ4v) is 2.45. The molecule has 140 valence electrons. The first-order valence-electron chi connectivity index (χ1n) is 8.46. The maximum absolute atomic E-state index is 12.6. The minimum atomic E-state index is -0.614. The topological polar surface area (TPSA) is 107 Å². The number of nitrogens with one attached hydrogen (secondary N) is 1. The molecule has 27 heavy (non-hydrogen) atoms. The Morgan fingerprint density at radius 3 is 2.63 bits per heavy atom. The maximum Gasteiger partial charge on any atom is 0.259 e. The smallest absolute Gasteiger partial charge is 0.259 e. The van der Waals surface area contributed by atoms with Crippen LogP contribution in [0.25, 0.3) is 11.1 Å². The lowest BCUT2D eigenvalue weighted by atomic mass is 9.97. The number of carbonyl (C=O) groups is 2. The van der Waals surface area contributed by atoms with Gasteiger partial charge in [-0.3, -0.25) is 9.59 Å². The SMILES string of the molecule is CC(C)(C)c1nc2cc(NC(=O)c3ccccc3OCC(N)=O)ccc2o1. The summed E-state index contributed by atoms with van der Waals surface area (Å²) in [6, 6.07) is 11.9. The summed E-state index contributed by atoms with van der Waals surface area (Å²) < 4.78 is 11.1. The van der Waals surface area contributed by atoms with Crippen molar-refractivity contribution in [2.45, 2.75) is 26.2 Å². The number of oxazole rings is 1. The van der Waals surface area contributed by atoms with Crippen molar-refractivity contribution in [3.8, 4) is 5.75 Å². The lowest BCUT2D eigenvalue weighted by molar-refractivity contribution is -0.119. The molecule has 7 nitrogen and oxygen atoms in total. The number of rotatable bonds is 5. The Kier molecular flexibility index (Phi) is 4.85. The molecule has 0 aliphatic heterocycles. The molecule has 0 aliphatic rings. The van der Waals surface area contributed by atoms with Crippen molar-refractivity contribution >= 4 is 28.6 Å². The highest BCUT2D eigenvalue weighted by molar-refractivity contribution is 6.06. The van der Waals surface area contributed by atoms with Crippen molar-refractivity contribution in [2.75, 3.05) is 11.9 Å². The number of para-hydroxylation sites is 1. The van der Waals surface area contributed by atoms with E-state index >= 15 is 0 Å². The Bertz CT molecular complexity index is 1000. The first kappa shape index (κ1) is 18.4. The molecule has 0 aliphatic carbocycles. The van der Waals surface area contributed by atoms with Gasteiger partial charge in [0.15, 0.2) is 12.2 Å². The zero-order chi connectivity index (χ0) is 19.6. The molecular formula is C20H21N3O4. The summed E-state index contributed by atoms with van der Waals surface area (Å²) in [5.41, 5.74) is 7.08. The molecule has 0 unspecified atom stereocenters.